The number of carbonyl (C=O) groups excluding carboxylic acids is 2. The van der Waals surface area contributed by atoms with Gasteiger partial charge in [-0.25, -0.2) is 9.97 Å². The summed E-state index contributed by atoms with van der Waals surface area (Å²) in [5.74, 6) is -1.59. The first-order chi connectivity index (χ1) is 17.3. The van der Waals surface area contributed by atoms with Crippen LogP contribution in [0.2, 0.25) is 0 Å². The number of rotatable bonds is 8. The molecule has 1 saturated heterocycles. The predicted molar refractivity (Wildman–Crippen MR) is 120 cm³/mol. The summed E-state index contributed by atoms with van der Waals surface area (Å²) in [7, 11) is 0. The van der Waals surface area contributed by atoms with Crippen molar-refractivity contribution < 1.29 is 32.2 Å². The fourth-order valence-corrected chi connectivity index (χ4v) is 3.47. The summed E-state index contributed by atoms with van der Waals surface area (Å²) in [5.41, 5.74) is 1.34. The van der Waals surface area contributed by atoms with Gasteiger partial charge in [0.25, 0.3) is 0 Å². The molecule has 1 aliphatic rings. The van der Waals surface area contributed by atoms with E-state index in [0.717, 1.165) is 12.1 Å². The average molecular weight is 502 g/mol. The number of benzene rings is 1. The van der Waals surface area contributed by atoms with Crippen LogP contribution in [0.1, 0.15) is 16.1 Å². The zero-order valence-electron chi connectivity index (χ0n) is 18.9. The highest BCUT2D eigenvalue weighted by Gasteiger charge is 2.32. The fourth-order valence-electron chi connectivity index (χ4n) is 3.47. The number of nitrogens with zero attached hydrogens (tertiary/aromatic N) is 5. The Morgan fingerprint density at radius 2 is 1.81 bits per heavy atom. The quantitative estimate of drug-likeness (QED) is 0.464. The van der Waals surface area contributed by atoms with Crippen molar-refractivity contribution in [3.63, 3.8) is 0 Å². The van der Waals surface area contributed by atoms with Gasteiger partial charge < -0.3 is 14.8 Å². The summed E-state index contributed by atoms with van der Waals surface area (Å²) in [5, 5.41) is 10.5. The van der Waals surface area contributed by atoms with Crippen LogP contribution in [-0.4, -0.2) is 76.0 Å². The van der Waals surface area contributed by atoms with Gasteiger partial charge in [0.15, 0.2) is 11.5 Å². The predicted octanol–water partition coefficient (Wildman–Crippen LogP) is 2.53. The number of hydrogen-bond donors (Lipinski definition) is 1. The molecule has 0 radical (unpaired) electrons. The van der Waals surface area contributed by atoms with Crippen molar-refractivity contribution >= 4 is 17.4 Å². The average Bonchev–Trinajstić information content (AvgIpc) is 2.86. The van der Waals surface area contributed by atoms with E-state index in [9.17, 15) is 22.8 Å². The molecule has 13 heteroatoms. The molecule has 0 saturated carbocycles. The van der Waals surface area contributed by atoms with Crippen LogP contribution in [0.5, 0.6) is 5.75 Å². The lowest BCUT2D eigenvalue weighted by Crippen LogP contribution is -2.41. The Balaban J connectivity index is 1.48. The van der Waals surface area contributed by atoms with Gasteiger partial charge in [-0.3, -0.25) is 14.5 Å². The van der Waals surface area contributed by atoms with E-state index in [-0.39, 0.29) is 24.2 Å². The van der Waals surface area contributed by atoms with E-state index in [4.69, 9.17) is 4.74 Å². The number of ketones is 1. The zero-order valence-corrected chi connectivity index (χ0v) is 18.9. The lowest BCUT2D eigenvalue weighted by atomic mass is 10.0. The van der Waals surface area contributed by atoms with E-state index in [1.807, 2.05) is 4.90 Å². The molecule has 1 amide bonds. The lowest BCUT2D eigenvalue weighted by molar-refractivity contribution is -0.274. The normalized spacial score (nSPS) is 14.3. The van der Waals surface area contributed by atoms with Gasteiger partial charge >= 0.3 is 6.36 Å². The summed E-state index contributed by atoms with van der Waals surface area (Å²) < 4.78 is 47.9. The van der Waals surface area contributed by atoms with Crippen molar-refractivity contribution in [3.8, 4) is 17.0 Å². The van der Waals surface area contributed by atoms with Gasteiger partial charge in [-0.1, -0.05) is 0 Å². The zero-order chi connectivity index (χ0) is 25.5. The standard InChI is InChI=1S/C23H21F3N6O4/c24-23(25,26)36-21-4-1-15(9-19(21)29-22(34)13-32-5-7-35-8-6-32)20(33)10-17-2-3-18(31-30-17)16-11-27-14-28-12-16/h1-4,9,11-12,14H,5-8,10,13H2,(H,29,34). The van der Waals surface area contributed by atoms with Crippen molar-refractivity contribution in [1.29, 1.82) is 0 Å². The molecule has 36 heavy (non-hydrogen) atoms. The Labute approximate surface area is 203 Å². The molecule has 2 aromatic heterocycles. The second kappa shape index (κ2) is 11.2. The van der Waals surface area contributed by atoms with E-state index >= 15 is 0 Å². The fraction of sp³-hybridized carbons (Fsp3) is 0.304. The van der Waals surface area contributed by atoms with E-state index in [0.29, 0.717) is 43.3 Å². The van der Waals surface area contributed by atoms with Crippen LogP contribution in [0, 0.1) is 0 Å². The highest BCUT2D eigenvalue weighted by molar-refractivity contribution is 6.00. The minimum atomic E-state index is -4.98. The number of hydrogen-bond acceptors (Lipinski definition) is 9. The van der Waals surface area contributed by atoms with Crippen LogP contribution in [0.15, 0.2) is 49.1 Å². The molecule has 1 aliphatic heterocycles. The maximum Gasteiger partial charge on any atom is 0.573 e. The van der Waals surface area contributed by atoms with Gasteiger partial charge in [0, 0.05) is 36.6 Å². The number of aromatic nitrogens is 4. The Bertz CT molecular complexity index is 1200. The number of ether oxygens (including phenoxy) is 2. The molecular formula is C23H21F3N6O4. The summed E-state index contributed by atoms with van der Waals surface area (Å²) in [4.78, 5) is 34.9. The number of halogens is 3. The number of anilines is 1. The minimum absolute atomic E-state index is 0.0403. The molecule has 3 aromatic rings. The molecule has 10 nitrogen and oxygen atoms in total. The van der Waals surface area contributed by atoms with Gasteiger partial charge in [-0.05, 0) is 30.3 Å². The molecule has 3 heterocycles. The molecule has 0 atom stereocenters. The Morgan fingerprint density at radius 1 is 1.06 bits per heavy atom. The third-order valence-electron chi connectivity index (χ3n) is 5.19. The lowest BCUT2D eigenvalue weighted by Gasteiger charge is -2.26. The molecule has 0 unspecified atom stereocenters. The molecule has 4 rings (SSSR count). The van der Waals surface area contributed by atoms with Gasteiger partial charge in [0.1, 0.15) is 6.33 Å². The Morgan fingerprint density at radius 3 is 2.47 bits per heavy atom. The van der Waals surface area contributed by atoms with Gasteiger partial charge in [-0.2, -0.15) is 10.2 Å². The summed E-state index contributed by atoms with van der Waals surface area (Å²) in [6.07, 6.45) is -0.605. The van der Waals surface area contributed by atoms with Crippen LogP contribution >= 0.6 is 0 Å². The first kappa shape index (κ1) is 25.1. The molecule has 0 aliphatic carbocycles. The second-order valence-electron chi connectivity index (χ2n) is 7.83. The minimum Gasteiger partial charge on any atom is -0.404 e. The van der Waals surface area contributed by atoms with Crippen LogP contribution in [0.25, 0.3) is 11.3 Å². The smallest absolute Gasteiger partial charge is 0.404 e. The van der Waals surface area contributed by atoms with Crippen LogP contribution in [0.3, 0.4) is 0 Å². The third-order valence-corrected chi connectivity index (χ3v) is 5.19. The summed E-state index contributed by atoms with van der Waals surface area (Å²) in [6.45, 7) is 1.93. The maximum absolute atomic E-state index is 12.9. The number of amides is 1. The highest BCUT2D eigenvalue weighted by atomic mass is 19.4. The molecule has 1 fully saturated rings. The molecule has 1 aromatic carbocycles. The van der Waals surface area contributed by atoms with E-state index < -0.39 is 23.8 Å². The van der Waals surface area contributed by atoms with Crippen molar-refractivity contribution in [2.75, 3.05) is 38.2 Å². The molecule has 0 bridgehead atoms. The SMILES string of the molecule is O=C(CN1CCOCC1)Nc1cc(C(=O)Cc2ccc(-c3cncnc3)nn2)ccc1OC(F)(F)F. The van der Waals surface area contributed by atoms with Crippen LogP contribution in [-0.2, 0) is 16.0 Å². The largest absolute Gasteiger partial charge is 0.573 e. The monoisotopic (exact) mass is 502 g/mol. The van der Waals surface area contributed by atoms with Crippen LogP contribution < -0.4 is 10.1 Å². The van der Waals surface area contributed by atoms with E-state index in [2.05, 4.69) is 30.2 Å². The highest BCUT2D eigenvalue weighted by Crippen LogP contribution is 2.31. The number of Topliss-reactive ketones (excluding diaryl/α,β-unsaturated/α-hetero) is 1. The summed E-state index contributed by atoms with van der Waals surface area (Å²) >= 11 is 0. The van der Waals surface area contributed by atoms with Crippen molar-refractivity contribution in [2.24, 2.45) is 0 Å². The Kier molecular flexibility index (Phi) is 7.80. The molecule has 0 spiro atoms. The topological polar surface area (TPSA) is 119 Å². The Hall–Kier alpha value is -3.97. The number of nitrogens with one attached hydrogen (secondary N) is 1. The van der Waals surface area contributed by atoms with E-state index in [1.165, 1.54) is 12.4 Å². The molecular weight excluding hydrogens is 481 g/mol. The van der Waals surface area contributed by atoms with Crippen molar-refractivity contribution in [1.82, 2.24) is 25.1 Å². The molecule has 188 valence electrons. The first-order valence-electron chi connectivity index (χ1n) is 10.9. The summed E-state index contributed by atoms with van der Waals surface area (Å²) in [6, 6.07) is 6.62. The second-order valence-corrected chi connectivity index (χ2v) is 7.83. The molecule has 1 N–H and O–H groups in total. The maximum atomic E-state index is 12.9. The van der Waals surface area contributed by atoms with Gasteiger partial charge in [0.2, 0.25) is 5.91 Å². The number of carbonyl (C=O) groups is 2. The van der Waals surface area contributed by atoms with Gasteiger partial charge in [0.05, 0.1) is 43.3 Å². The first-order valence-corrected chi connectivity index (χ1v) is 10.9. The van der Waals surface area contributed by atoms with Crippen LogP contribution in [0.4, 0.5) is 18.9 Å². The number of alkyl halides is 3. The van der Waals surface area contributed by atoms with Crippen molar-refractivity contribution in [3.05, 3.63) is 60.3 Å². The number of morpholine rings is 1. The van der Waals surface area contributed by atoms with E-state index in [1.54, 1.807) is 24.5 Å². The van der Waals surface area contributed by atoms with Gasteiger partial charge in [-0.15, -0.1) is 13.2 Å². The van der Waals surface area contributed by atoms with Crippen molar-refractivity contribution in [2.45, 2.75) is 12.8 Å². The third kappa shape index (κ3) is 7.02.